The topological polar surface area (TPSA) is 102 Å². The Hall–Kier alpha value is -1.14. The van der Waals surface area contributed by atoms with Crippen LogP contribution in [0.15, 0.2) is 0 Å². The van der Waals surface area contributed by atoms with Crippen molar-refractivity contribution in [2.24, 2.45) is 5.73 Å². The smallest absolute Gasteiger partial charge is 0.305 e. The lowest BCUT2D eigenvalue weighted by Gasteiger charge is -2.18. The Labute approximate surface area is 88.8 Å². The minimum atomic E-state index is -1.09. The summed E-state index contributed by atoms with van der Waals surface area (Å²) in [4.78, 5) is 21.7. The Kier molecular flexibility index (Phi) is 6.64. The molecule has 0 aliphatic carbocycles. The van der Waals surface area contributed by atoms with E-state index in [1.807, 2.05) is 6.92 Å². The van der Waals surface area contributed by atoms with Gasteiger partial charge in [0.1, 0.15) is 0 Å². The molecule has 0 bridgehead atoms. The first-order valence-corrected chi connectivity index (χ1v) is 4.77. The van der Waals surface area contributed by atoms with Crippen LogP contribution >= 0.6 is 0 Å². The van der Waals surface area contributed by atoms with Gasteiger partial charge >= 0.3 is 5.97 Å². The zero-order valence-electron chi connectivity index (χ0n) is 9.03. The zero-order chi connectivity index (χ0) is 11.8. The van der Waals surface area contributed by atoms with Crippen molar-refractivity contribution in [3.63, 3.8) is 0 Å². The molecular weight excluding hydrogens is 200 g/mol. The number of carboxylic acids is 1. The fraction of sp³-hybridized carbons (Fsp3) is 0.778. The summed E-state index contributed by atoms with van der Waals surface area (Å²) in [5, 5.41) is 11.1. The third-order valence-electron chi connectivity index (χ3n) is 1.94. The number of nitrogens with one attached hydrogen (secondary N) is 1. The van der Waals surface area contributed by atoms with Crippen LogP contribution in [0.25, 0.3) is 0 Å². The highest BCUT2D eigenvalue weighted by atomic mass is 16.5. The Morgan fingerprint density at radius 2 is 2.13 bits per heavy atom. The number of rotatable bonds is 7. The molecule has 88 valence electrons. The van der Waals surface area contributed by atoms with Crippen LogP contribution in [0.4, 0.5) is 0 Å². The van der Waals surface area contributed by atoms with Crippen LogP contribution in [-0.4, -0.2) is 42.8 Å². The molecule has 0 saturated carbocycles. The van der Waals surface area contributed by atoms with Crippen molar-refractivity contribution < 1.29 is 19.4 Å². The number of aliphatic carboxylic acids is 1. The van der Waals surface area contributed by atoms with Crippen LogP contribution in [0.5, 0.6) is 0 Å². The molecule has 6 heteroatoms. The molecule has 0 aromatic heterocycles. The molecule has 0 saturated heterocycles. The van der Waals surface area contributed by atoms with Crippen LogP contribution in [0.1, 0.15) is 19.8 Å². The Morgan fingerprint density at radius 1 is 1.53 bits per heavy atom. The maximum atomic E-state index is 11.4. The van der Waals surface area contributed by atoms with Crippen molar-refractivity contribution in [2.45, 2.75) is 31.8 Å². The maximum absolute atomic E-state index is 11.4. The summed E-state index contributed by atoms with van der Waals surface area (Å²) in [7, 11) is 1.53. The molecule has 0 aliphatic rings. The van der Waals surface area contributed by atoms with Crippen LogP contribution in [0, 0.1) is 0 Å². The minimum absolute atomic E-state index is 0.123. The molecule has 0 radical (unpaired) electrons. The van der Waals surface area contributed by atoms with Gasteiger partial charge in [0, 0.05) is 7.11 Å². The van der Waals surface area contributed by atoms with E-state index in [4.69, 9.17) is 15.6 Å². The second-order valence-electron chi connectivity index (χ2n) is 3.27. The summed E-state index contributed by atoms with van der Waals surface area (Å²) in [6, 6.07) is -1.13. The number of carbonyl (C=O) groups excluding carboxylic acids is 1. The van der Waals surface area contributed by atoms with Gasteiger partial charge in [-0.1, -0.05) is 6.92 Å². The number of ether oxygens (including phenoxy) is 1. The summed E-state index contributed by atoms with van der Waals surface area (Å²) in [6.45, 7) is 2.29. The van der Waals surface area contributed by atoms with Gasteiger partial charge in [0.15, 0.2) is 0 Å². The van der Waals surface area contributed by atoms with Crippen molar-refractivity contribution in [3.8, 4) is 0 Å². The number of carboxylic acid groups (broad SMARTS) is 1. The van der Waals surface area contributed by atoms with Crippen LogP contribution in [0.3, 0.4) is 0 Å². The van der Waals surface area contributed by atoms with Crippen molar-refractivity contribution in [1.29, 1.82) is 0 Å². The first-order chi connectivity index (χ1) is 7.01. The maximum Gasteiger partial charge on any atom is 0.305 e. The Bertz CT molecular complexity index is 220. The monoisotopic (exact) mass is 218 g/mol. The lowest BCUT2D eigenvalue weighted by Crippen LogP contribution is -2.47. The molecule has 0 fully saturated rings. The lowest BCUT2D eigenvalue weighted by molar-refractivity contribution is -0.139. The summed E-state index contributed by atoms with van der Waals surface area (Å²) in [6.07, 6.45) is 0.342. The van der Waals surface area contributed by atoms with Gasteiger partial charge in [-0.25, -0.2) is 0 Å². The third kappa shape index (κ3) is 6.03. The SMILES string of the molecule is CCC(COC)NC(=O)C(N)CC(=O)O. The van der Waals surface area contributed by atoms with Gasteiger partial charge in [-0.2, -0.15) is 0 Å². The van der Waals surface area contributed by atoms with E-state index < -0.39 is 17.9 Å². The number of nitrogens with two attached hydrogens (primary N) is 1. The normalized spacial score (nSPS) is 14.3. The van der Waals surface area contributed by atoms with E-state index in [-0.39, 0.29) is 12.5 Å². The van der Waals surface area contributed by atoms with E-state index in [1.54, 1.807) is 0 Å². The van der Waals surface area contributed by atoms with Gasteiger partial charge in [-0.15, -0.1) is 0 Å². The number of hydrogen-bond donors (Lipinski definition) is 3. The molecule has 0 aromatic carbocycles. The van der Waals surface area contributed by atoms with Crippen LogP contribution in [0.2, 0.25) is 0 Å². The van der Waals surface area contributed by atoms with Crippen molar-refractivity contribution in [1.82, 2.24) is 5.32 Å². The molecule has 0 spiro atoms. The molecule has 15 heavy (non-hydrogen) atoms. The number of amides is 1. The van der Waals surface area contributed by atoms with E-state index in [0.717, 1.165) is 0 Å². The fourth-order valence-corrected chi connectivity index (χ4v) is 1.05. The minimum Gasteiger partial charge on any atom is -0.481 e. The second kappa shape index (κ2) is 7.19. The van der Waals surface area contributed by atoms with Gasteiger partial charge < -0.3 is 20.9 Å². The van der Waals surface area contributed by atoms with Crippen LogP contribution in [-0.2, 0) is 14.3 Å². The van der Waals surface area contributed by atoms with Gasteiger partial charge in [0.25, 0.3) is 0 Å². The van der Waals surface area contributed by atoms with E-state index in [2.05, 4.69) is 5.32 Å². The molecular formula is C9H18N2O4. The summed E-state index contributed by atoms with van der Waals surface area (Å²) in [5.74, 6) is -1.54. The molecule has 0 aliphatic heterocycles. The van der Waals surface area contributed by atoms with Crippen LogP contribution < -0.4 is 11.1 Å². The highest BCUT2D eigenvalue weighted by Crippen LogP contribution is 1.94. The summed E-state index contributed by atoms with van der Waals surface area (Å²) in [5.41, 5.74) is 5.38. The van der Waals surface area contributed by atoms with Crippen molar-refractivity contribution >= 4 is 11.9 Å². The largest absolute Gasteiger partial charge is 0.481 e. The van der Waals surface area contributed by atoms with E-state index in [1.165, 1.54) is 7.11 Å². The van der Waals surface area contributed by atoms with Crippen molar-refractivity contribution in [2.75, 3.05) is 13.7 Å². The molecule has 0 heterocycles. The van der Waals surface area contributed by atoms with Gasteiger partial charge in [-0.05, 0) is 6.42 Å². The zero-order valence-corrected chi connectivity index (χ0v) is 9.03. The fourth-order valence-electron chi connectivity index (χ4n) is 1.05. The quantitative estimate of drug-likeness (QED) is 0.526. The number of methoxy groups -OCH3 is 1. The van der Waals surface area contributed by atoms with E-state index in [9.17, 15) is 9.59 Å². The first-order valence-electron chi connectivity index (χ1n) is 4.77. The van der Waals surface area contributed by atoms with Gasteiger partial charge in [0.05, 0.1) is 25.1 Å². The average molecular weight is 218 g/mol. The Balaban J connectivity index is 4.03. The Morgan fingerprint density at radius 3 is 2.53 bits per heavy atom. The molecule has 2 atom stereocenters. The molecule has 0 aromatic rings. The summed E-state index contributed by atoms with van der Waals surface area (Å²) >= 11 is 0. The van der Waals surface area contributed by atoms with E-state index >= 15 is 0 Å². The second-order valence-corrected chi connectivity index (χ2v) is 3.27. The van der Waals surface area contributed by atoms with Crippen molar-refractivity contribution in [3.05, 3.63) is 0 Å². The predicted octanol–water partition coefficient (Wildman–Crippen LogP) is -0.670. The molecule has 4 N–H and O–H groups in total. The lowest BCUT2D eigenvalue weighted by atomic mass is 10.1. The molecule has 6 nitrogen and oxygen atoms in total. The highest BCUT2D eigenvalue weighted by molar-refractivity contribution is 5.86. The third-order valence-corrected chi connectivity index (χ3v) is 1.94. The number of carbonyl (C=O) groups is 2. The van der Waals surface area contributed by atoms with E-state index in [0.29, 0.717) is 13.0 Å². The average Bonchev–Trinajstić information content (AvgIpc) is 2.15. The highest BCUT2D eigenvalue weighted by Gasteiger charge is 2.19. The first kappa shape index (κ1) is 13.9. The van der Waals surface area contributed by atoms with Gasteiger partial charge in [-0.3, -0.25) is 9.59 Å². The molecule has 2 unspecified atom stereocenters. The molecule has 1 amide bonds. The van der Waals surface area contributed by atoms with Gasteiger partial charge in [0.2, 0.25) is 5.91 Å². The molecule has 0 rings (SSSR count). The number of hydrogen-bond acceptors (Lipinski definition) is 4. The summed E-state index contributed by atoms with van der Waals surface area (Å²) < 4.78 is 4.88. The standard InChI is InChI=1S/C9H18N2O4/c1-3-6(5-15-2)11-9(14)7(10)4-8(12)13/h6-7H,3-5,10H2,1-2H3,(H,11,14)(H,12,13). The predicted molar refractivity (Wildman–Crippen MR) is 54.3 cm³/mol.